The number of hydrogen-bond donors (Lipinski definition) is 1. The minimum Gasteiger partial charge on any atom is -0.354 e. The molecule has 1 heterocycles. The zero-order valence-electron chi connectivity index (χ0n) is 16.1. The number of carbonyl (C=O) groups excluding carboxylic acids is 1. The smallest absolute Gasteiger partial charge is 0.240 e. The molecule has 1 saturated heterocycles. The van der Waals surface area contributed by atoms with E-state index in [1.165, 1.54) is 23.6 Å². The minimum atomic E-state index is -3.53. The molecule has 1 fully saturated rings. The monoisotopic (exact) mass is 381 g/mol. The predicted molar refractivity (Wildman–Crippen MR) is 106 cm³/mol. The van der Waals surface area contributed by atoms with Crippen molar-refractivity contribution in [1.82, 2.24) is 10.2 Å². The van der Waals surface area contributed by atoms with Gasteiger partial charge in [-0.1, -0.05) is 24.1 Å². The van der Waals surface area contributed by atoms with Gasteiger partial charge in [0.05, 0.1) is 11.9 Å². The summed E-state index contributed by atoms with van der Waals surface area (Å²) >= 11 is 0. The van der Waals surface area contributed by atoms with Gasteiger partial charge in [0.25, 0.3) is 0 Å². The van der Waals surface area contributed by atoms with E-state index < -0.39 is 10.0 Å². The van der Waals surface area contributed by atoms with Gasteiger partial charge < -0.3 is 10.2 Å². The van der Waals surface area contributed by atoms with E-state index in [0.29, 0.717) is 12.2 Å². The second-order valence-electron chi connectivity index (χ2n) is 7.17. The van der Waals surface area contributed by atoms with Crippen LogP contribution in [0.15, 0.2) is 18.2 Å². The topological polar surface area (TPSA) is 69.7 Å². The normalized spacial score (nSPS) is 15.7. The maximum atomic E-state index is 12.3. The van der Waals surface area contributed by atoms with Crippen molar-refractivity contribution in [2.45, 2.75) is 39.5 Å². The van der Waals surface area contributed by atoms with Crippen LogP contribution in [0, 0.1) is 13.8 Å². The van der Waals surface area contributed by atoms with Gasteiger partial charge in [0.2, 0.25) is 15.9 Å². The molecule has 0 radical (unpaired) electrons. The number of sulfonamides is 1. The third kappa shape index (κ3) is 6.29. The summed E-state index contributed by atoms with van der Waals surface area (Å²) < 4.78 is 25.5. The molecule has 1 aliphatic rings. The van der Waals surface area contributed by atoms with E-state index in [0.717, 1.165) is 43.4 Å². The average Bonchev–Trinajstić information content (AvgIpc) is 2.57. The molecule has 26 heavy (non-hydrogen) atoms. The lowest BCUT2D eigenvalue weighted by atomic mass is 10.1. The molecule has 0 atom stereocenters. The van der Waals surface area contributed by atoms with Crippen molar-refractivity contribution in [2.75, 3.05) is 43.3 Å². The molecule has 6 nitrogen and oxygen atoms in total. The Morgan fingerprint density at radius 3 is 2.50 bits per heavy atom. The molecule has 2 rings (SSSR count). The Balaban J connectivity index is 1.88. The van der Waals surface area contributed by atoms with Crippen molar-refractivity contribution in [3.63, 3.8) is 0 Å². The van der Waals surface area contributed by atoms with Crippen LogP contribution in [0.1, 0.15) is 36.8 Å². The third-order valence-corrected chi connectivity index (χ3v) is 5.86. The molecule has 1 amide bonds. The quantitative estimate of drug-likeness (QED) is 0.700. The van der Waals surface area contributed by atoms with E-state index in [-0.39, 0.29) is 12.5 Å². The second-order valence-corrected chi connectivity index (χ2v) is 9.07. The first-order valence-corrected chi connectivity index (χ1v) is 11.2. The Labute approximate surface area is 157 Å². The third-order valence-electron chi connectivity index (χ3n) is 4.73. The summed E-state index contributed by atoms with van der Waals surface area (Å²) in [5, 5.41) is 2.85. The van der Waals surface area contributed by atoms with Gasteiger partial charge >= 0.3 is 0 Å². The lowest BCUT2D eigenvalue weighted by molar-refractivity contribution is -0.119. The number of aryl methyl sites for hydroxylation is 2. The first-order chi connectivity index (χ1) is 12.3. The Morgan fingerprint density at radius 1 is 1.19 bits per heavy atom. The van der Waals surface area contributed by atoms with Crippen LogP contribution < -0.4 is 9.62 Å². The van der Waals surface area contributed by atoms with Crippen molar-refractivity contribution < 1.29 is 13.2 Å². The van der Waals surface area contributed by atoms with Crippen molar-refractivity contribution in [3.05, 3.63) is 29.3 Å². The summed E-state index contributed by atoms with van der Waals surface area (Å²) in [6.07, 6.45) is 5.84. The molecule has 146 valence electrons. The summed E-state index contributed by atoms with van der Waals surface area (Å²) in [6.45, 7) is 7.46. The number of hydrogen-bond acceptors (Lipinski definition) is 4. The highest BCUT2D eigenvalue weighted by atomic mass is 32.2. The lowest BCUT2D eigenvalue weighted by Gasteiger charge is -2.26. The van der Waals surface area contributed by atoms with Crippen molar-refractivity contribution in [1.29, 1.82) is 0 Å². The summed E-state index contributed by atoms with van der Waals surface area (Å²) in [7, 11) is -3.53. The van der Waals surface area contributed by atoms with Crippen molar-refractivity contribution in [2.24, 2.45) is 0 Å². The Kier molecular flexibility index (Phi) is 7.46. The van der Waals surface area contributed by atoms with Gasteiger partial charge in [-0.05, 0) is 64.4 Å². The van der Waals surface area contributed by atoms with Gasteiger partial charge in [-0.15, -0.1) is 0 Å². The van der Waals surface area contributed by atoms with Gasteiger partial charge in [0, 0.05) is 6.54 Å². The van der Waals surface area contributed by atoms with Crippen molar-refractivity contribution in [3.8, 4) is 0 Å². The maximum Gasteiger partial charge on any atom is 0.240 e. The van der Waals surface area contributed by atoms with Gasteiger partial charge in [0.15, 0.2) is 0 Å². The number of likely N-dealkylation sites (tertiary alicyclic amines) is 1. The van der Waals surface area contributed by atoms with E-state index in [9.17, 15) is 13.2 Å². The van der Waals surface area contributed by atoms with Crippen LogP contribution in [-0.4, -0.2) is 58.2 Å². The maximum absolute atomic E-state index is 12.3. The number of nitrogens with one attached hydrogen (secondary N) is 1. The Hall–Kier alpha value is -1.60. The van der Waals surface area contributed by atoms with Gasteiger partial charge in [-0.3, -0.25) is 9.10 Å². The molecule has 1 aromatic rings. The zero-order chi connectivity index (χ0) is 19.2. The highest BCUT2D eigenvalue weighted by Crippen LogP contribution is 2.23. The summed E-state index contributed by atoms with van der Waals surface area (Å²) in [4.78, 5) is 14.7. The number of piperidine rings is 1. The fourth-order valence-electron chi connectivity index (χ4n) is 3.37. The summed E-state index contributed by atoms with van der Waals surface area (Å²) in [5.74, 6) is -0.269. The first kappa shape index (κ1) is 20.7. The lowest BCUT2D eigenvalue weighted by Crippen LogP contribution is -2.41. The molecular formula is C19H31N3O3S. The number of nitrogens with zero attached hydrogens (tertiary/aromatic N) is 2. The molecule has 0 unspecified atom stereocenters. The number of amides is 1. The standard InChI is InChI=1S/C19H31N3O3S/c1-16-8-9-18(17(2)14-16)22(26(3,24)25)15-19(23)20-10-7-13-21-11-5-4-6-12-21/h8-9,14H,4-7,10-13,15H2,1-3H3,(H,20,23). The Morgan fingerprint density at radius 2 is 1.88 bits per heavy atom. The van der Waals surface area contributed by atoms with Crippen LogP contribution in [0.4, 0.5) is 5.69 Å². The van der Waals surface area contributed by atoms with E-state index in [4.69, 9.17) is 0 Å². The largest absolute Gasteiger partial charge is 0.354 e. The number of anilines is 1. The molecule has 1 aliphatic heterocycles. The minimum absolute atomic E-state index is 0.188. The average molecular weight is 382 g/mol. The van der Waals surface area contributed by atoms with E-state index in [2.05, 4.69) is 10.2 Å². The fourth-order valence-corrected chi connectivity index (χ4v) is 4.28. The van der Waals surface area contributed by atoms with Crippen molar-refractivity contribution >= 4 is 21.6 Å². The first-order valence-electron chi connectivity index (χ1n) is 9.31. The highest BCUT2D eigenvalue weighted by Gasteiger charge is 2.22. The molecule has 0 bridgehead atoms. The van der Waals surface area contributed by atoms with E-state index in [1.54, 1.807) is 6.07 Å². The van der Waals surface area contributed by atoms with Gasteiger partial charge in [0.1, 0.15) is 6.54 Å². The number of carbonyl (C=O) groups is 1. The van der Waals surface area contributed by atoms with Gasteiger partial charge in [-0.2, -0.15) is 0 Å². The predicted octanol–water partition coefficient (Wildman–Crippen LogP) is 2.06. The van der Waals surface area contributed by atoms with Crippen LogP contribution in [0.3, 0.4) is 0 Å². The summed E-state index contributed by atoms with van der Waals surface area (Å²) in [6, 6.07) is 5.54. The number of benzene rings is 1. The highest BCUT2D eigenvalue weighted by molar-refractivity contribution is 7.92. The Bertz CT molecular complexity index is 713. The molecule has 0 saturated carbocycles. The van der Waals surface area contributed by atoms with E-state index >= 15 is 0 Å². The second kappa shape index (κ2) is 9.37. The molecule has 1 aromatic carbocycles. The van der Waals surface area contributed by atoms with Crippen LogP contribution in [0.5, 0.6) is 0 Å². The van der Waals surface area contributed by atoms with E-state index in [1.807, 2.05) is 26.0 Å². The van der Waals surface area contributed by atoms with Crippen LogP contribution >= 0.6 is 0 Å². The molecular weight excluding hydrogens is 350 g/mol. The molecule has 0 aromatic heterocycles. The number of rotatable bonds is 8. The molecule has 0 spiro atoms. The zero-order valence-corrected chi connectivity index (χ0v) is 16.9. The van der Waals surface area contributed by atoms with Crippen LogP contribution in [0.25, 0.3) is 0 Å². The molecule has 0 aliphatic carbocycles. The van der Waals surface area contributed by atoms with Crippen LogP contribution in [-0.2, 0) is 14.8 Å². The summed E-state index contributed by atoms with van der Waals surface area (Å²) in [5.41, 5.74) is 2.46. The van der Waals surface area contributed by atoms with Crippen LogP contribution in [0.2, 0.25) is 0 Å². The molecule has 7 heteroatoms. The fraction of sp³-hybridized carbons (Fsp3) is 0.632. The molecule has 1 N–H and O–H groups in total. The SMILES string of the molecule is Cc1ccc(N(CC(=O)NCCCN2CCCCC2)S(C)(=O)=O)c(C)c1. The van der Waals surface area contributed by atoms with Gasteiger partial charge in [-0.25, -0.2) is 8.42 Å².